The lowest BCUT2D eigenvalue weighted by Gasteiger charge is -2.46. The Morgan fingerprint density at radius 2 is 0.977 bits per heavy atom. The molecule has 0 saturated carbocycles. The number of hydrogen-bond acceptors (Lipinski definition) is 3. The Bertz CT molecular complexity index is 1570. The first-order valence-electron chi connectivity index (χ1n) is 14.7. The van der Waals surface area contributed by atoms with E-state index in [9.17, 15) is 4.79 Å². The molecule has 6 rings (SSSR count). The summed E-state index contributed by atoms with van der Waals surface area (Å²) in [7, 11) is -2.64. The van der Waals surface area contributed by atoms with E-state index >= 15 is 0 Å². The molecule has 43 heavy (non-hydrogen) atoms. The third-order valence-electron chi connectivity index (χ3n) is 8.55. The van der Waals surface area contributed by atoms with Crippen molar-refractivity contribution >= 4 is 34.7 Å². The summed E-state index contributed by atoms with van der Waals surface area (Å²) in [5.74, 6) is 0. The third kappa shape index (κ3) is 4.40. The van der Waals surface area contributed by atoms with Gasteiger partial charge in [0.15, 0.2) is 7.26 Å². The van der Waals surface area contributed by atoms with Gasteiger partial charge in [-0.05, 0) is 68.3 Å². The quantitative estimate of drug-likeness (QED) is 0.184. The van der Waals surface area contributed by atoms with Gasteiger partial charge in [-0.25, -0.2) is 4.79 Å². The molecule has 0 saturated heterocycles. The lowest BCUT2D eigenvalue weighted by molar-refractivity contribution is 0.0489. The van der Waals surface area contributed by atoms with Crippen molar-refractivity contribution in [2.45, 2.75) is 26.3 Å². The molecule has 0 atom stereocenters. The molecule has 0 fully saturated rings. The van der Waals surface area contributed by atoms with Gasteiger partial charge in [-0.1, -0.05) is 115 Å². The van der Waals surface area contributed by atoms with Gasteiger partial charge >= 0.3 is 6.09 Å². The van der Waals surface area contributed by atoms with Gasteiger partial charge < -0.3 is 4.74 Å². The Morgan fingerprint density at radius 3 is 1.33 bits per heavy atom. The van der Waals surface area contributed by atoms with E-state index in [1.165, 1.54) is 15.9 Å². The SMILES string of the molecule is CCOC(=O)N1N=C([P+](c2ccccc2)(c2ccccc2)c2ccccc2)C(C)(C)C1(c1ccccc1)c1ccccc1. The van der Waals surface area contributed by atoms with E-state index in [1.807, 2.05) is 43.3 Å². The monoisotopic (exact) mass is 583 g/mol. The molecule has 5 aromatic rings. The summed E-state index contributed by atoms with van der Waals surface area (Å²) < 4.78 is 5.79. The van der Waals surface area contributed by atoms with Crippen molar-refractivity contribution in [1.29, 1.82) is 0 Å². The van der Waals surface area contributed by atoms with Gasteiger partial charge in [-0.2, -0.15) is 5.01 Å². The van der Waals surface area contributed by atoms with Crippen LogP contribution in [0.2, 0.25) is 0 Å². The van der Waals surface area contributed by atoms with Crippen LogP contribution >= 0.6 is 7.26 Å². The van der Waals surface area contributed by atoms with Gasteiger partial charge in [-0.3, -0.25) is 0 Å². The molecule has 0 N–H and O–H groups in total. The molecule has 0 unspecified atom stereocenters. The number of rotatable bonds is 7. The molecular weight excluding hydrogens is 547 g/mol. The topological polar surface area (TPSA) is 41.9 Å². The summed E-state index contributed by atoms with van der Waals surface area (Å²) in [6, 6.07) is 52.6. The number of carbonyl (C=O) groups is 1. The van der Waals surface area contributed by atoms with E-state index in [1.54, 1.807) is 5.01 Å². The van der Waals surface area contributed by atoms with Gasteiger partial charge in [0, 0.05) is 0 Å². The predicted octanol–water partition coefficient (Wildman–Crippen LogP) is 7.74. The van der Waals surface area contributed by atoms with Crippen LogP contribution in [0.15, 0.2) is 157 Å². The maximum Gasteiger partial charge on any atom is 0.431 e. The first-order valence-corrected chi connectivity index (χ1v) is 16.5. The summed E-state index contributed by atoms with van der Waals surface area (Å²) in [5.41, 5.74) is 1.23. The predicted molar refractivity (Wildman–Crippen MR) is 179 cm³/mol. The molecular formula is C38H36N2O2P+. The number of amides is 1. The van der Waals surface area contributed by atoms with Gasteiger partial charge in [0.1, 0.15) is 21.5 Å². The molecule has 0 aromatic heterocycles. The average Bonchev–Trinajstić information content (AvgIpc) is 3.32. The normalized spacial score (nSPS) is 15.5. The molecule has 4 nitrogen and oxygen atoms in total. The summed E-state index contributed by atoms with van der Waals surface area (Å²) in [6.07, 6.45) is -0.467. The van der Waals surface area contributed by atoms with Crippen LogP contribution < -0.4 is 15.9 Å². The van der Waals surface area contributed by atoms with Crippen LogP contribution in [0.5, 0.6) is 0 Å². The van der Waals surface area contributed by atoms with Crippen LogP contribution in [0.25, 0.3) is 0 Å². The van der Waals surface area contributed by atoms with Crippen molar-refractivity contribution < 1.29 is 9.53 Å². The lowest BCUT2D eigenvalue weighted by Crippen LogP contribution is -2.55. The highest BCUT2D eigenvalue weighted by molar-refractivity contribution is 8.08. The van der Waals surface area contributed by atoms with Crippen molar-refractivity contribution in [1.82, 2.24) is 5.01 Å². The van der Waals surface area contributed by atoms with Crippen LogP contribution in [0.3, 0.4) is 0 Å². The van der Waals surface area contributed by atoms with Crippen LogP contribution in [0, 0.1) is 5.41 Å². The van der Waals surface area contributed by atoms with Crippen molar-refractivity contribution in [2.75, 3.05) is 6.61 Å². The number of hydrogen-bond donors (Lipinski definition) is 0. The van der Waals surface area contributed by atoms with Crippen LogP contribution in [-0.2, 0) is 10.3 Å². The zero-order valence-electron chi connectivity index (χ0n) is 24.8. The Hall–Kier alpha value is -4.53. The van der Waals surface area contributed by atoms with E-state index in [2.05, 4.69) is 129 Å². The number of benzene rings is 5. The Balaban J connectivity index is 1.78. The maximum atomic E-state index is 14.2. The molecule has 1 amide bonds. The van der Waals surface area contributed by atoms with Gasteiger partial charge in [0.05, 0.1) is 12.0 Å². The summed E-state index contributed by atoms with van der Waals surface area (Å²) in [5, 5.41) is 10.7. The zero-order chi connectivity index (χ0) is 29.9. The summed E-state index contributed by atoms with van der Waals surface area (Å²) in [6.45, 7) is 6.57. The first-order chi connectivity index (χ1) is 21.0. The van der Waals surface area contributed by atoms with E-state index < -0.39 is 24.3 Å². The second-order valence-corrected chi connectivity index (χ2v) is 14.5. The Labute approximate surface area is 255 Å². The Kier molecular flexibility index (Phi) is 7.73. The molecule has 5 aromatic carbocycles. The smallest absolute Gasteiger partial charge is 0.431 e. The second kappa shape index (κ2) is 11.6. The number of carbonyl (C=O) groups excluding carboxylic acids is 1. The van der Waals surface area contributed by atoms with E-state index in [0.717, 1.165) is 16.6 Å². The van der Waals surface area contributed by atoms with Gasteiger partial charge in [0.25, 0.3) is 0 Å². The van der Waals surface area contributed by atoms with Crippen molar-refractivity contribution in [2.24, 2.45) is 10.5 Å². The minimum atomic E-state index is -2.64. The van der Waals surface area contributed by atoms with Gasteiger partial charge in [-0.15, -0.1) is 5.10 Å². The molecule has 0 aliphatic carbocycles. The molecule has 1 aliphatic rings. The van der Waals surface area contributed by atoms with Gasteiger partial charge in [0.2, 0.25) is 5.45 Å². The Morgan fingerprint density at radius 1 is 0.628 bits per heavy atom. The standard InChI is InChI=1S/C38H36N2O2P/c1-4-42-36(41)40-38(30-20-10-5-11-21-30,31-22-12-6-13-23-31)37(2,3)35(39-40)43(32-24-14-7-15-25-32,33-26-16-8-17-27-33)34-28-18-9-19-29-34/h5-29H,4H2,1-3H3/q+1. The fourth-order valence-electron chi connectivity index (χ4n) is 6.83. The molecule has 0 bridgehead atoms. The van der Waals surface area contributed by atoms with E-state index in [-0.39, 0.29) is 6.61 Å². The molecule has 1 aliphatic heterocycles. The van der Waals surface area contributed by atoms with Crippen LogP contribution in [0.1, 0.15) is 31.9 Å². The van der Waals surface area contributed by atoms with Crippen molar-refractivity contribution in [3.8, 4) is 0 Å². The first kappa shape index (κ1) is 28.6. The highest BCUT2D eigenvalue weighted by Crippen LogP contribution is 2.68. The van der Waals surface area contributed by atoms with Crippen molar-refractivity contribution in [3.63, 3.8) is 0 Å². The number of hydrazone groups is 1. The molecule has 214 valence electrons. The second-order valence-electron chi connectivity index (χ2n) is 11.2. The molecule has 0 spiro atoms. The number of ether oxygens (including phenoxy) is 1. The highest BCUT2D eigenvalue weighted by atomic mass is 31.2. The zero-order valence-corrected chi connectivity index (χ0v) is 25.7. The minimum absolute atomic E-state index is 0.247. The third-order valence-corrected chi connectivity index (χ3v) is 13.1. The summed E-state index contributed by atoms with van der Waals surface area (Å²) >= 11 is 0. The van der Waals surface area contributed by atoms with Crippen molar-refractivity contribution in [3.05, 3.63) is 163 Å². The fourth-order valence-corrected chi connectivity index (χ4v) is 11.5. The maximum absolute atomic E-state index is 14.2. The summed E-state index contributed by atoms with van der Waals surface area (Å²) in [4.78, 5) is 14.2. The molecule has 5 heteroatoms. The minimum Gasteiger partial charge on any atom is -0.448 e. The largest absolute Gasteiger partial charge is 0.448 e. The van der Waals surface area contributed by atoms with Crippen LogP contribution in [0.4, 0.5) is 4.79 Å². The molecule has 0 radical (unpaired) electrons. The van der Waals surface area contributed by atoms with E-state index in [4.69, 9.17) is 9.84 Å². The lowest BCUT2D eigenvalue weighted by atomic mass is 9.65. The average molecular weight is 584 g/mol. The highest BCUT2D eigenvalue weighted by Gasteiger charge is 2.70. The fraction of sp³-hybridized carbons (Fsp3) is 0.158. The molecule has 1 heterocycles. The number of nitrogens with zero attached hydrogens (tertiary/aromatic N) is 2. The van der Waals surface area contributed by atoms with E-state index in [0.29, 0.717) is 0 Å². The van der Waals surface area contributed by atoms with Crippen LogP contribution in [-0.4, -0.2) is 23.2 Å².